The molecule has 1 atom stereocenters. The molecule has 142 valence electrons. The minimum atomic E-state index is -0.202. The van der Waals surface area contributed by atoms with Crippen LogP contribution in [0.3, 0.4) is 0 Å². The van der Waals surface area contributed by atoms with Crippen molar-refractivity contribution in [3.05, 3.63) is 71.9 Å². The molecule has 0 saturated heterocycles. The van der Waals surface area contributed by atoms with Crippen LogP contribution in [0.15, 0.2) is 64.4 Å². The van der Waals surface area contributed by atoms with Crippen LogP contribution in [0.25, 0.3) is 0 Å². The van der Waals surface area contributed by atoms with E-state index < -0.39 is 0 Å². The first-order chi connectivity index (χ1) is 12.8. The number of hydrogen-bond donors (Lipinski definition) is 1. The predicted molar refractivity (Wildman–Crippen MR) is 108 cm³/mol. The Bertz CT molecular complexity index is 894. The molecule has 0 fully saturated rings. The largest absolute Gasteiger partial charge is 0.455 e. The number of furan rings is 1. The van der Waals surface area contributed by atoms with E-state index in [-0.39, 0.29) is 17.4 Å². The Morgan fingerprint density at radius 1 is 1.22 bits per heavy atom. The number of amides is 1. The third-order valence-corrected chi connectivity index (χ3v) is 5.36. The first-order valence-corrected chi connectivity index (χ1v) is 9.88. The molecule has 0 saturated carbocycles. The molecular formula is C21H25N3O2S. The summed E-state index contributed by atoms with van der Waals surface area (Å²) < 4.78 is 7.72. The molecule has 2 aromatic heterocycles. The highest BCUT2D eigenvalue weighted by Gasteiger charge is 2.28. The minimum absolute atomic E-state index is 0.110. The zero-order valence-corrected chi connectivity index (χ0v) is 16.9. The van der Waals surface area contributed by atoms with Gasteiger partial charge in [-0.2, -0.15) is 0 Å². The number of rotatable bonds is 6. The van der Waals surface area contributed by atoms with Crippen molar-refractivity contribution in [2.24, 2.45) is 12.5 Å². The van der Waals surface area contributed by atoms with Crippen molar-refractivity contribution in [2.75, 3.05) is 0 Å². The number of hydrogen-bond acceptors (Lipinski definition) is 4. The fourth-order valence-corrected chi connectivity index (χ4v) is 3.68. The highest BCUT2D eigenvalue weighted by molar-refractivity contribution is 7.98. The van der Waals surface area contributed by atoms with Crippen molar-refractivity contribution in [2.45, 2.75) is 37.7 Å². The third kappa shape index (κ3) is 4.83. The van der Waals surface area contributed by atoms with Crippen LogP contribution in [-0.4, -0.2) is 15.5 Å². The van der Waals surface area contributed by atoms with Crippen LogP contribution in [0.4, 0.5) is 0 Å². The van der Waals surface area contributed by atoms with Crippen LogP contribution in [0.1, 0.15) is 48.7 Å². The molecule has 0 spiro atoms. The van der Waals surface area contributed by atoms with Gasteiger partial charge in [0.05, 0.1) is 11.8 Å². The summed E-state index contributed by atoms with van der Waals surface area (Å²) in [6.45, 7) is 6.34. The van der Waals surface area contributed by atoms with E-state index in [1.54, 1.807) is 24.0 Å². The van der Waals surface area contributed by atoms with E-state index in [0.717, 1.165) is 16.5 Å². The fourth-order valence-electron chi connectivity index (χ4n) is 2.85. The van der Waals surface area contributed by atoms with E-state index in [4.69, 9.17) is 4.42 Å². The van der Waals surface area contributed by atoms with Crippen molar-refractivity contribution in [1.82, 2.24) is 14.9 Å². The lowest BCUT2D eigenvalue weighted by molar-refractivity contribution is 0.0872. The number of nitrogens with one attached hydrogen (secondary N) is 1. The summed E-state index contributed by atoms with van der Waals surface area (Å²) in [5.74, 6) is 1.50. The topological polar surface area (TPSA) is 60.1 Å². The zero-order valence-electron chi connectivity index (χ0n) is 16.1. The lowest BCUT2D eigenvalue weighted by Crippen LogP contribution is -2.36. The smallest absolute Gasteiger partial charge is 0.287 e. The third-order valence-electron chi connectivity index (χ3n) is 4.28. The fraction of sp³-hybridized carbons (Fsp3) is 0.333. The van der Waals surface area contributed by atoms with Gasteiger partial charge in [-0.25, -0.2) is 4.98 Å². The van der Waals surface area contributed by atoms with E-state index in [9.17, 15) is 4.79 Å². The van der Waals surface area contributed by atoms with Gasteiger partial charge in [0.1, 0.15) is 5.76 Å². The van der Waals surface area contributed by atoms with E-state index in [0.29, 0.717) is 11.5 Å². The van der Waals surface area contributed by atoms with Crippen molar-refractivity contribution >= 4 is 17.7 Å². The van der Waals surface area contributed by atoms with Crippen LogP contribution in [-0.2, 0) is 12.8 Å². The summed E-state index contributed by atoms with van der Waals surface area (Å²) in [4.78, 5) is 17.0. The molecule has 1 amide bonds. The summed E-state index contributed by atoms with van der Waals surface area (Å²) in [5.41, 5.74) is 0.955. The van der Waals surface area contributed by atoms with Gasteiger partial charge in [-0.05, 0) is 23.1 Å². The standard InChI is InChI=1S/C21H25N3O2S/c1-21(2,3)18(15-8-6-5-7-9-15)23-19(25)17-11-10-16(26-17)14-27-20-22-12-13-24(20)4/h5-13,18H,14H2,1-4H3,(H,23,25). The summed E-state index contributed by atoms with van der Waals surface area (Å²) in [7, 11) is 1.95. The Kier molecular flexibility index (Phi) is 5.75. The second kappa shape index (κ2) is 8.05. The summed E-state index contributed by atoms with van der Waals surface area (Å²) in [6, 6.07) is 13.5. The minimum Gasteiger partial charge on any atom is -0.455 e. The molecule has 6 heteroatoms. The van der Waals surface area contributed by atoms with Crippen molar-refractivity contribution in [1.29, 1.82) is 0 Å². The predicted octanol–water partition coefficient (Wildman–Crippen LogP) is 4.82. The van der Waals surface area contributed by atoms with Gasteiger partial charge >= 0.3 is 0 Å². The van der Waals surface area contributed by atoms with Gasteiger partial charge in [-0.15, -0.1) is 0 Å². The molecule has 1 unspecified atom stereocenters. The molecule has 0 aliphatic rings. The normalized spacial score (nSPS) is 12.7. The van der Waals surface area contributed by atoms with E-state index in [1.807, 2.05) is 54.2 Å². The maximum atomic E-state index is 12.7. The van der Waals surface area contributed by atoms with Crippen LogP contribution in [0, 0.1) is 5.41 Å². The van der Waals surface area contributed by atoms with Gasteiger partial charge in [0, 0.05) is 19.4 Å². The van der Waals surface area contributed by atoms with Gasteiger partial charge in [0.25, 0.3) is 5.91 Å². The van der Waals surface area contributed by atoms with Crippen LogP contribution in [0.2, 0.25) is 0 Å². The van der Waals surface area contributed by atoms with Gasteiger partial charge in [0.15, 0.2) is 10.9 Å². The molecule has 2 heterocycles. The Labute approximate surface area is 164 Å². The molecule has 1 aromatic carbocycles. The summed E-state index contributed by atoms with van der Waals surface area (Å²) >= 11 is 1.57. The van der Waals surface area contributed by atoms with Gasteiger partial charge in [0.2, 0.25) is 0 Å². The second-order valence-corrected chi connectivity index (χ2v) is 8.50. The Balaban J connectivity index is 1.68. The number of benzene rings is 1. The van der Waals surface area contributed by atoms with E-state index in [1.165, 1.54) is 0 Å². The Morgan fingerprint density at radius 2 is 1.96 bits per heavy atom. The number of imidazole rings is 1. The van der Waals surface area contributed by atoms with Gasteiger partial charge < -0.3 is 14.3 Å². The maximum Gasteiger partial charge on any atom is 0.287 e. The first kappa shape index (κ1) is 19.3. The Hall–Kier alpha value is -2.47. The number of carbonyl (C=O) groups excluding carboxylic acids is 1. The van der Waals surface area contributed by atoms with E-state index in [2.05, 4.69) is 31.1 Å². The maximum absolute atomic E-state index is 12.7. The highest BCUT2D eigenvalue weighted by Crippen LogP contribution is 2.33. The van der Waals surface area contributed by atoms with Crippen LogP contribution in [0.5, 0.6) is 0 Å². The number of nitrogens with zero attached hydrogens (tertiary/aromatic N) is 2. The molecule has 3 rings (SSSR count). The van der Waals surface area contributed by atoms with Crippen molar-refractivity contribution < 1.29 is 9.21 Å². The van der Waals surface area contributed by atoms with Crippen molar-refractivity contribution in [3.63, 3.8) is 0 Å². The number of carbonyl (C=O) groups is 1. The van der Waals surface area contributed by atoms with Crippen LogP contribution >= 0.6 is 11.8 Å². The molecule has 1 N–H and O–H groups in total. The lowest BCUT2D eigenvalue weighted by Gasteiger charge is -2.31. The Morgan fingerprint density at radius 3 is 2.59 bits per heavy atom. The molecule has 27 heavy (non-hydrogen) atoms. The summed E-state index contributed by atoms with van der Waals surface area (Å²) in [5, 5.41) is 4.04. The van der Waals surface area contributed by atoms with Gasteiger partial charge in [-0.3, -0.25) is 4.79 Å². The first-order valence-electron chi connectivity index (χ1n) is 8.89. The molecule has 3 aromatic rings. The second-order valence-electron chi connectivity index (χ2n) is 7.56. The molecule has 0 aliphatic heterocycles. The zero-order chi connectivity index (χ0) is 19.4. The van der Waals surface area contributed by atoms with Crippen LogP contribution < -0.4 is 5.32 Å². The quantitative estimate of drug-likeness (QED) is 0.620. The lowest BCUT2D eigenvalue weighted by atomic mass is 9.82. The summed E-state index contributed by atoms with van der Waals surface area (Å²) in [6.07, 6.45) is 3.67. The van der Waals surface area contributed by atoms with E-state index >= 15 is 0 Å². The number of thioether (sulfide) groups is 1. The average molecular weight is 384 g/mol. The molecular weight excluding hydrogens is 358 g/mol. The average Bonchev–Trinajstić information content (AvgIpc) is 3.26. The monoisotopic (exact) mass is 383 g/mol. The van der Waals surface area contributed by atoms with Gasteiger partial charge in [-0.1, -0.05) is 62.9 Å². The molecule has 5 nitrogen and oxygen atoms in total. The number of aryl methyl sites for hydroxylation is 1. The molecule has 0 aliphatic carbocycles. The molecule has 0 bridgehead atoms. The van der Waals surface area contributed by atoms with Crippen molar-refractivity contribution in [3.8, 4) is 0 Å². The highest BCUT2D eigenvalue weighted by atomic mass is 32.2. The number of aromatic nitrogens is 2. The molecule has 0 radical (unpaired) electrons. The SMILES string of the molecule is Cn1ccnc1SCc1ccc(C(=O)NC(c2ccccc2)C(C)(C)C)o1.